The number of carbonyl (C=O) groups excluding carboxylic acids is 2. The van der Waals surface area contributed by atoms with Gasteiger partial charge in [0.25, 0.3) is 0 Å². The highest BCUT2D eigenvalue weighted by Gasteiger charge is 2.40. The Morgan fingerprint density at radius 2 is 1.94 bits per heavy atom. The van der Waals surface area contributed by atoms with Gasteiger partial charge in [0, 0.05) is 0 Å². The Hall–Kier alpha value is -2.10. The van der Waals surface area contributed by atoms with E-state index < -0.39 is 17.5 Å². The SMILES string of the molecule is COC(=O)C1=C[C@@](C)(c2ccccc2)OC1=O. The molecule has 1 aliphatic rings. The van der Waals surface area contributed by atoms with Gasteiger partial charge in [-0.25, -0.2) is 9.59 Å². The van der Waals surface area contributed by atoms with Crippen LogP contribution >= 0.6 is 0 Å². The number of rotatable bonds is 2. The Morgan fingerprint density at radius 3 is 2.53 bits per heavy atom. The van der Waals surface area contributed by atoms with Crippen molar-refractivity contribution >= 4 is 11.9 Å². The van der Waals surface area contributed by atoms with Crippen molar-refractivity contribution in [3.63, 3.8) is 0 Å². The minimum atomic E-state index is -0.901. The van der Waals surface area contributed by atoms with Crippen LogP contribution in [0.1, 0.15) is 12.5 Å². The first-order valence-corrected chi connectivity index (χ1v) is 5.17. The molecule has 0 aromatic heterocycles. The number of ether oxygens (including phenoxy) is 2. The highest BCUT2D eigenvalue weighted by molar-refractivity contribution is 6.15. The van der Waals surface area contributed by atoms with E-state index in [-0.39, 0.29) is 5.57 Å². The van der Waals surface area contributed by atoms with Crippen molar-refractivity contribution in [2.24, 2.45) is 0 Å². The molecule has 0 spiro atoms. The smallest absolute Gasteiger partial charge is 0.346 e. The molecule has 88 valence electrons. The van der Waals surface area contributed by atoms with Crippen molar-refractivity contribution < 1.29 is 19.1 Å². The molecule has 4 nitrogen and oxygen atoms in total. The zero-order valence-corrected chi connectivity index (χ0v) is 9.60. The predicted molar refractivity (Wildman–Crippen MR) is 60.0 cm³/mol. The summed E-state index contributed by atoms with van der Waals surface area (Å²) in [4.78, 5) is 22.9. The lowest BCUT2D eigenvalue weighted by Gasteiger charge is -2.21. The van der Waals surface area contributed by atoms with Crippen LogP contribution in [0.4, 0.5) is 0 Å². The fourth-order valence-electron chi connectivity index (χ4n) is 1.77. The molecule has 2 rings (SSSR count). The second-order valence-electron chi connectivity index (χ2n) is 3.91. The lowest BCUT2D eigenvalue weighted by Crippen LogP contribution is -2.21. The molecule has 0 saturated carbocycles. The topological polar surface area (TPSA) is 52.6 Å². The Kier molecular flexibility index (Phi) is 2.71. The fraction of sp³-hybridized carbons (Fsp3) is 0.231. The van der Waals surface area contributed by atoms with Gasteiger partial charge in [-0.1, -0.05) is 30.3 Å². The molecule has 0 saturated heterocycles. The molecule has 0 unspecified atom stereocenters. The first-order chi connectivity index (χ1) is 8.07. The van der Waals surface area contributed by atoms with Crippen molar-refractivity contribution in [1.29, 1.82) is 0 Å². The van der Waals surface area contributed by atoms with Gasteiger partial charge in [0.15, 0.2) is 5.60 Å². The first-order valence-electron chi connectivity index (χ1n) is 5.17. The van der Waals surface area contributed by atoms with Crippen LogP contribution in [-0.2, 0) is 24.7 Å². The number of benzene rings is 1. The van der Waals surface area contributed by atoms with Gasteiger partial charge >= 0.3 is 11.9 Å². The van der Waals surface area contributed by atoms with Gasteiger partial charge in [-0.15, -0.1) is 0 Å². The van der Waals surface area contributed by atoms with Crippen LogP contribution in [0, 0.1) is 0 Å². The predicted octanol–water partition coefficient (Wildman–Crippen LogP) is 1.56. The molecule has 17 heavy (non-hydrogen) atoms. The van der Waals surface area contributed by atoms with Crippen LogP contribution in [0.25, 0.3) is 0 Å². The molecule has 1 heterocycles. The van der Waals surface area contributed by atoms with Gasteiger partial charge < -0.3 is 9.47 Å². The van der Waals surface area contributed by atoms with Crippen LogP contribution in [0.2, 0.25) is 0 Å². The van der Waals surface area contributed by atoms with Crippen molar-refractivity contribution in [3.05, 3.63) is 47.5 Å². The summed E-state index contributed by atoms with van der Waals surface area (Å²) >= 11 is 0. The maximum Gasteiger partial charge on any atom is 0.346 e. The summed E-state index contributed by atoms with van der Waals surface area (Å²) in [5, 5.41) is 0. The molecule has 0 radical (unpaired) electrons. The summed E-state index contributed by atoms with van der Waals surface area (Å²) in [6.45, 7) is 1.73. The fourth-order valence-corrected chi connectivity index (χ4v) is 1.77. The van der Waals surface area contributed by atoms with Gasteiger partial charge in [0.2, 0.25) is 0 Å². The molecule has 1 aromatic rings. The Balaban J connectivity index is 2.40. The van der Waals surface area contributed by atoms with Gasteiger partial charge in [-0.3, -0.25) is 0 Å². The average molecular weight is 232 g/mol. The maximum absolute atomic E-state index is 11.6. The largest absolute Gasteiger partial charge is 0.465 e. The van der Waals surface area contributed by atoms with E-state index >= 15 is 0 Å². The number of esters is 2. The summed E-state index contributed by atoms with van der Waals surface area (Å²) in [5.41, 5.74) is -0.145. The highest BCUT2D eigenvalue weighted by Crippen LogP contribution is 2.34. The van der Waals surface area contributed by atoms with Crippen LogP contribution in [0.15, 0.2) is 42.0 Å². The van der Waals surface area contributed by atoms with Crippen LogP contribution < -0.4 is 0 Å². The van der Waals surface area contributed by atoms with E-state index in [1.807, 2.05) is 30.3 Å². The maximum atomic E-state index is 11.6. The minimum Gasteiger partial charge on any atom is -0.465 e. The van der Waals surface area contributed by atoms with Crippen molar-refractivity contribution in [2.45, 2.75) is 12.5 Å². The van der Waals surface area contributed by atoms with E-state index in [9.17, 15) is 9.59 Å². The normalized spacial score (nSPS) is 22.9. The summed E-state index contributed by atoms with van der Waals surface area (Å²) in [6.07, 6.45) is 1.50. The zero-order valence-electron chi connectivity index (χ0n) is 9.60. The quantitative estimate of drug-likeness (QED) is 0.573. The van der Waals surface area contributed by atoms with Gasteiger partial charge in [-0.2, -0.15) is 0 Å². The average Bonchev–Trinajstić information content (AvgIpc) is 2.66. The van der Waals surface area contributed by atoms with Crippen LogP contribution in [-0.4, -0.2) is 19.0 Å². The lowest BCUT2D eigenvalue weighted by atomic mass is 9.95. The third-order valence-electron chi connectivity index (χ3n) is 2.70. The number of methoxy groups -OCH3 is 1. The molecule has 1 aliphatic heterocycles. The number of cyclic esters (lactones) is 1. The molecular weight excluding hydrogens is 220 g/mol. The van der Waals surface area contributed by atoms with Gasteiger partial charge in [-0.05, 0) is 18.6 Å². The van der Waals surface area contributed by atoms with Gasteiger partial charge in [0.1, 0.15) is 5.57 Å². The standard InChI is InChI=1S/C13H12O4/c1-13(9-6-4-3-5-7-9)8-10(11(14)16-2)12(15)17-13/h3-8H,1-2H3/t13-/m0/s1. The number of hydrogen-bond donors (Lipinski definition) is 0. The van der Waals surface area contributed by atoms with E-state index in [0.717, 1.165) is 5.56 Å². The van der Waals surface area contributed by atoms with Crippen LogP contribution in [0.3, 0.4) is 0 Å². The number of hydrogen-bond acceptors (Lipinski definition) is 4. The third-order valence-corrected chi connectivity index (χ3v) is 2.70. The second kappa shape index (κ2) is 4.05. The van der Waals surface area contributed by atoms with Crippen LogP contribution in [0.5, 0.6) is 0 Å². The molecule has 0 fully saturated rings. The van der Waals surface area contributed by atoms with E-state index in [0.29, 0.717) is 0 Å². The minimum absolute atomic E-state index is 0.0566. The molecular formula is C13H12O4. The molecule has 0 bridgehead atoms. The Bertz CT molecular complexity index is 489. The first kappa shape index (κ1) is 11.4. The molecule has 1 atom stereocenters. The summed E-state index contributed by atoms with van der Waals surface area (Å²) in [6, 6.07) is 9.24. The zero-order chi connectivity index (χ0) is 12.5. The summed E-state index contributed by atoms with van der Waals surface area (Å²) in [7, 11) is 1.23. The highest BCUT2D eigenvalue weighted by atomic mass is 16.6. The molecule has 0 N–H and O–H groups in total. The molecule has 1 aromatic carbocycles. The summed E-state index contributed by atoms with van der Waals surface area (Å²) < 4.78 is 9.76. The van der Waals surface area contributed by atoms with Crippen molar-refractivity contribution in [1.82, 2.24) is 0 Å². The monoisotopic (exact) mass is 232 g/mol. The van der Waals surface area contributed by atoms with Crippen molar-refractivity contribution in [2.75, 3.05) is 7.11 Å². The van der Waals surface area contributed by atoms with E-state index in [4.69, 9.17) is 4.74 Å². The number of carbonyl (C=O) groups is 2. The Labute approximate surface area is 98.8 Å². The van der Waals surface area contributed by atoms with E-state index in [2.05, 4.69) is 4.74 Å². The van der Waals surface area contributed by atoms with E-state index in [1.54, 1.807) is 6.92 Å². The Morgan fingerprint density at radius 1 is 1.29 bits per heavy atom. The second-order valence-corrected chi connectivity index (χ2v) is 3.91. The molecule has 0 amide bonds. The van der Waals surface area contributed by atoms with Gasteiger partial charge in [0.05, 0.1) is 7.11 Å². The van der Waals surface area contributed by atoms with Crippen molar-refractivity contribution in [3.8, 4) is 0 Å². The third kappa shape index (κ3) is 1.93. The van der Waals surface area contributed by atoms with E-state index in [1.165, 1.54) is 13.2 Å². The summed E-state index contributed by atoms with van der Waals surface area (Å²) in [5.74, 6) is -1.32. The molecule has 4 heteroatoms. The molecule has 0 aliphatic carbocycles. The lowest BCUT2D eigenvalue weighted by molar-refractivity contribution is -0.149.